The first kappa shape index (κ1) is 20.3. The van der Waals surface area contributed by atoms with Crippen molar-refractivity contribution in [3.8, 4) is 0 Å². The van der Waals surface area contributed by atoms with Crippen LogP contribution in [-0.4, -0.2) is 62.9 Å². The van der Waals surface area contributed by atoms with E-state index in [-0.39, 0.29) is 36.4 Å². The average molecular weight is 429 g/mol. The SMILES string of the molecule is O=C(ON1C(=O)C2CCCCC2C1O)[C@@H]1CC[C@@H]2CN1C(=O)N2OCc1ccccc1. The minimum atomic E-state index is -1.11. The van der Waals surface area contributed by atoms with Gasteiger partial charge in [0.1, 0.15) is 12.6 Å². The van der Waals surface area contributed by atoms with E-state index in [4.69, 9.17) is 9.68 Å². The molecule has 1 aromatic rings. The molecule has 31 heavy (non-hydrogen) atoms. The van der Waals surface area contributed by atoms with E-state index in [2.05, 4.69) is 0 Å². The minimum absolute atomic E-state index is 0.123. The molecule has 3 aliphatic heterocycles. The van der Waals surface area contributed by atoms with E-state index in [9.17, 15) is 19.5 Å². The van der Waals surface area contributed by atoms with Crippen molar-refractivity contribution in [3.05, 3.63) is 35.9 Å². The Morgan fingerprint density at radius 2 is 1.81 bits per heavy atom. The van der Waals surface area contributed by atoms with Crippen molar-refractivity contribution in [2.45, 2.75) is 63.4 Å². The normalized spacial score (nSPS) is 32.4. The zero-order valence-electron chi connectivity index (χ0n) is 17.3. The number of aliphatic hydroxyl groups excluding tert-OH is 1. The van der Waals surface area contributed by atoms with Crippen molar-refractivity contribution in [1.82, 2.24) is 15.0 Å². The van der Waals surface area contributed by atoms with Gasteiger partial charge in [-0.1, -0.05) is 43.2 Å². The summed E-state index contributed by atoms with van der Waals surface area (Å²) in [5.41, 5.74) is 0.950. The lowest BCUT2D eigenvalue weighted by Crippen LogP contribution is -2.49. The second-order valence-electron chi connectivity index (χ2n) is 8.81. The van der Waals surface area contributed by atoms with Crippen LogP contribution < -0.4 is 0 Å². The summed E-state index contributed by atoms with van der Waals surface area (Å²) in [6.45, 7) is 0.637. The van der Waals surface area contributed by atoms with Gasteiger partial charge in [-0.2, -0.15) is 5.06 Å². The van der Waals surface area contributed by atoms with Crippen LogP contribution in [0.25, 0.3) is 0 Å². The molecule has 2 bridgehead atoms. The van der Waals surface area contributed by atoms with Gasteiger partial charge in [-0.3, -0.25) is 9.63 Å². The largest absolute Gasteiger partial charge is 0.370 e. The van der Waals surface area contributed by atoms with Gasteiger partial charge in [-0.05, 0) is 31.2 Å². The second-order valence-corrected chi connectivity index (χ2v) is 8.81. The monoisotopic (exact) mass is 429 g/mol. The fourth-order valence-corrected chi connectivity index (χ4v) is 5.31. The number of hydroxylamine groups is 4. The Labute approximate surface area is 180 Å². The van der Waals surface area contributed by atoms with E-state index >= 15 is 0 Å². The van der Waals surface area contributed by atoms with Crippen LogP contribution >= 0.6 is 0 Å². The maximum atomic E-state index is 12.9. The highest BCUT2D eigenvalue weighted by Crippen LogP contribution is 2.41. The Hall–Kier alpha value is -2.65. The summed E-state index contributed by atoms with van der Waals surface area (Å²) in [5, 5.41) is 12.7. The van der Waals surface area contributed by atoms with Gasteiger partial charge in [-0.25, -0.2) is 9.59 Å². The number of piperidine rings is 1. The maximum absolute atomic E-state index is 12.9. The lowest BCUT2D eigenvalue weighted by molar-refractivity contribution is -0.228. The van der Waals surface area contributed by atoms with Crippen LogP contribution in [0.1, 0.15) is 44.1 Å². The third-order valence-corrected chi connectivity index (χ3v) is 6.97. The highest BCUT2D eigenvalue weighted by molar-refractivity contribution is 5.87. The van der Waals surface area contributed by atoms with Crippen LogP contribution in [0, 0.1) is 11.8 Å². The molecule has 0 aromatic heterocycles. The number of benzene rings is 1. The van der Waals surface area contributed by atoms with E-state index in [1.54, 1.807) is 0 Å². The molecule has 1 aliphatic carbocycles. The topological polar surface area (TPSA) is 99.6 Å². The number of rotatable bonds is 5. The van der Waals surface area contributed by atoms with Gasteiger partial charge in [0.15, 0.2) is 6.23 Å². The first-order valence-electron chi connectivity index (χ1n) is 11.0. The van der Waals surface area contributed by atoms with Crippen LogP contribution in [0.2, 0.25) is 0 Å². The lowest BCUT2D eigenvalue weighted by atomic mass is 9.81. The third-order valence-electron chi connectivity index (χ3n) is 6.97. The summed E-state index contributed by atoms with van der Waals surface area (Å²) < 4.78 is 0. The van der Waals surface area contributed by atoms with E-state index in [0.29, 0.717) is 25.8 Å². The standard InChI is InChI=1S/C22H27N3O6/c26-19-16-8-4-5-9-17(16)20(27)25(19)31-21(28)18-11-10-15-12-23(18)22(29)24(15)30-13-14-6-2-1-3-7-14/h1-3,6-7,15-19,26H,4-5,8-13H2/t15-,16?,17?,18+,19?/m1/s1. The first-order valence-corrected chi connectivity index (χ1v) is 11.0. The summed E-state index contributed by atoms with van der Waals surface area (Å²) in [6, 6.07) is 8.27. The molecule has 1 saturated carbocycles. The molecule has 4 aliphatic rings. The number of carbonyl (C=O) groups is 3. The molecule has 0 radical (unpaired) electrons. The summed E-state index contributed by atoms with van der Waals surface area (Å²) >= 11 is 0. The quantitative estimate of drug-likeness (QED) is 0.766. The number of hydrogen-bond acceptors (Lipinski definition) is 6. The number of carbonyl (C=O) groups excluding carboxylic acids is 3. The van der Waals surface area contributed by atoms with E-state index in [0.717, 1.165) is 29.9 Å². The third kappa shape index (κ3) is 3.55. The molecule has 3 amide bonds. The van der Waals surface area contributed by atoms with Crippen LogP contribution in [-0.2, 0) is 25.9 Å². The molecule has 3 unspecified atom stereocenters. The number of aliphatic hydroxyl groups is 1. The first-order chi connectivity index (χ1) is 15.0. The fraction of sp³-hybridized carbons (Fsp3) is 0.591. The van der Waals surface area contributed by atoms with Gasteiger partial charge < -0.3 is 14.8 Å². The van der Waals surface area contributed by atoms with Crippen molar-refractivity contribution < 1.29 is 29.2 Å². The smallest absolute Gasteiger partial charge is 0.354 e. The molecule has 3 saturated heterocycles. The Balaban J connectivity index is 1.22. The van der Waals surface area contributed by atoms with E-state index in [1.165, 1.54) is 9.96 Å². The molecule has 166 valence electrons. The molecule has 3 heterocycles. The number of nitrogens with zero attached hydrogens (tertiary/aromatic N) is 3. The molecule has 9 heteroatoms. The number of hydrogen-bond donors (Lipinski definition) is 1. The average Bonchev–Trinajstić information content (AvgIpc) is 3.18. The molecule has 1 N–H and O–H groups in total. The van der Waals surface area contributed by atoms with Gasteiger partial charge in [0.05, 0.1) is 6.04 Å². The summed E-state index contributed by atoms with van der Waals surface area (Å²) in [7, 11) is 0. The van der Waals surface area contributed by atoms with Crippen LogP contribution in [0.15, 0.2) is 30.3 Å². The zero-order valence-corrected chi connectivity index (χ0v) is 17.3. The number of amides is 3. The van der Waals surface area contributed by atoms with Crippen molar-refractivity contribution in [2.24, 2.45) is 11.8 Å². The van der Waals surface area contributed by atoms with Crippen molar-refractivity contribution >= 4 is 17.9 Å². The van der Waals surface area contributed by atoms with Gasteiger partial charge in [0, 0.05) is 18.4 Å². The lowest BCUT2D eigenvalue weighted by Gasteiger charge is -2.30. The fourth-order valence-electron chi connectivity index (χ4n) is 5.31. The van der Waals surface area contributed by atoms with E-state index in [1.807, 2.05) is 30.3 Å². The number of urea groups is 1. The molecular weight excluding hydrogens is 402 g/mol. The van der Waals surface area contributed by atoms with Gasteiger partial charge in [0.2, 0.25) is 0 Å². The summed E-state index contributed by atoms with van der Waals surface area (Å²) in [5.74, 6) is -1.50. The van der Waals surface area contributed by atoms with E-state index < -0.39 is 18.2 Å². The predicted octanol–water partition coefficient (Wildman–Crippen LogP) is 1.81. The Bertz CT molecular complexity index is 864. The second kappa shape index (κ2) is 8.12. The Morgan fingerprint density at radius 1 is 1.03 bits per heavy atom. The molecule has 9 nitrogen and oxygen atoms in total. The highest BCUT2D eigenvalue weighted by Gasteiger charge is 2.53. The van der Waals surface area contributed by atoms with Gasteiger partial charge in [-0.15, -0.1) is 5.06 Å². The highest BCUT2D eigenvalue weighted by atomic mass is 16.7. The van der Waals surface area contributed by atoms with Gasteiger partial charge >= 0.3 is 12.0 Å². The molecule has 1 aromatic carbocycles. The summed E-state index contributed by atoms with van der Waals surface area (Å²) in [6.07, 6.45) is 3.25. The molecular formula is C22H27N3O6. The zero-order chi connectivity index (χ0) is 21.5. The van der Waals surface area contributed by atoms with Crippen molar-refractivity contribution in [1.29, 1.82) is 0 Å². The van der Waals surface area contributed by atoms with Crippen molar-refractivity contribution in [2.75, 3.05) is 6.54 Å². The predicted molar refractivity (Wildman–Crippen MR) is 106 cm³/mol. The van der Waals surface area contributed by atoms with Crippen LogP contribution in [0.4, 0.5) is 4.79 Å². The Kier molecular flexibility index (Phi) is 5.31. The molecule has 0 spiro atoms. The van der Waals surface area contributed by atoms with Crippen LogP contribution in [0.3, 0.4) is 0 Å². The van der Waals surface area contributed by atoms with Crippen LogP contribution in [0.5, 0.6) is 0 Å². The van der Waals surface area contributed by atoms with Crippen molar-refractivity contribution in [3.63, 3.8) is 0 Å². The molecule has 4 fully saturated rings. The molecule has 5 rings (SSSR count). The minimum Gasteiger partial charge on any atom is -0.370 e. The maximum Gasteiger partial charge on any atom is 0.354 e. The summed E-state index contributed by atoms with van der Waals surface area (Å²) in [4.78, 5) is 51.0. The Morgan fingerprint density at radius 3 is 2.58 bits per heavy atom. The number of fused-ring (bicyclic) bond motifs is 3. The molecule has 5 atom stereocenters. The van der Waals surface area contributed by atoms with Gasteiger partial charge in [0.25, 0.3) is 5.91 Å².